The quantitative estimate of drug-likeness (QED) is 0.821. The predicted octanol–water partition coefficient (Wildman–Crippen LogP) is 2.41. The highest BCUT2D eigenvalue weighted by Crippen LogP contribution is 2.16. The maximum Gasteiger partial charge on any atom is 0.252 e. The highest BCUT2D eigenvalue weighted by Gasteiger charge is 2.17. The van der Waals surface area contributed by atoms with E-state index in [2.05, 4.69) is 5.32 Å². The molecule has 4 heteroatoms. The van der Waals surface area contributed by atoms with Gasteiger partial charge < -0.3 is 11.1 Å². The van der Waals surface area contributed by atoms with Gasteiger partial charge in [0.1, 0.15) is 0 Å². The van der Waals surface area contributed by atoms with E-state index in [-0.39, 0.29) is 11.9 Å². The highest BCUT2D eigenvalue weighted by atomic mass is 32.1. The zero-order valence-electron chi connectivity index (χ0n) is 11.3. The van der Waals surface area contributed by atoms with Crippen LogP contribution in [0.25, 0.3) is 0 Å². The third-order valence-electron chi connectivity index (χ3n) is 2.96. The van der Waals surface area contributed by atoms with Crippen molar-refractivity contribution in [1.82, 2.24) is 5.32 Å². The largest absolute Gasteiger partial charge is 0.392 e. The minimum Gasteiger partial charge on any atom is -0.392 e. The summed E-state index contributed by atoms with van der Waals surface area (Å²) in [6.45, 7) is 7.85. The lowest BCUT2D eigenvalue weighted by Gasteiger charge is -2.17. The first-order chi connectivity index (χ1) is 8.36. The number of carbonyl (C=O) groups is 1. The van der Waals surface area contributed by atoms with Gasteiger partial charge in [-0.1, -0.05) is 36.8 Å². The maximum atomic E-state index is 12.2. The number of nitrogens with one attached hydrogen (secondary N) is 1. The second kappa shape index (κ2) is 5.96. The average molecular weight is 264 g/mol. The summed E-state index contributed by atoms with van der Waals surface area (Å²) in [6.07, 6.45) is 0.699. The van der Waals surface area contributed by atoms with E-state index < -0.39 is 0 Å². The number of benzene rings is 1. The Morgan fingerprint density at radius 1 is 1.33 bits per heavy atom. The van der Waals surface area contributed by atoms with Crippen molar-refractivity contribution >= 4 is 23.1 Å². The van der Waals surface area contributed by atoms with Gasteiger partial charge in [-0.05, 0) is 38.3 Å². The SMILES string of the molecule is CCC(NC(=O)c1c(C)cc(C)cc1C)C(N)=S. The Hall–Kier alpha value is -1.42. The number of thiocarbonyl (C=S) groups is 1. The molecule has 0 saturated carbocycles. The second-order valence-corrected chi connectivity index (χ2v) is 5.08. The van der Waals surface area contributed by atoms with Crippen LogP contribution in [0.15, 0.2) is 12.1 Å². The fourth-order valence-electron chi connectivity index (χ4n) is 2.14. The summed E-state index contributed by atoms with van der Waals surface area (Å²) in [5.41, 5.74) is 9.41. The van der Waals surface area contributed by atoms with Crippen LogP contribution in [0.2, 0.25) is 0 Å². The Morgan fingerprint density at radius 2 is 1.83 bits per heavy atom. The summed E-state index contributed by atoms with van der Waals surface area (Å²) < 4.78 is 0. The molecule has 0 spiro atoms. The first-order valence-corrected chi connectivity index (χ1v) is 6.45. The molecule has 0 fully saturated rings. The molecule has 0 heterocycles. The van der Waals surface area contributed by atoms with Gasteiger partial charge in [-0.3, -0.25) is 4.79 Å². The summed E-state index contributed by atoms with van der Waals surface area (Å²) in [5.74, 6) is -0.107. The zero-order chi connectivity index (χ0) is 13.9. The molecule has 1 aromatic rings. The van der Waals surface area contributed by atoms with E-state index in [9.17, 15) is 4.79 Å². The van der Waals surface area contributed by atoms with E-state index in [0.29, 0.717) is 11.4 Å². The number of rotatable bonds is 4. The van der Waals surface area contributed by atoms with Crippen LogP contribution < -0.4 is 11.1 Å². The van der Waals surface area contributed by atoms with Gasteiger partial charge in [0.2, 0.25) is 0 Å². The molecule has 98 valence electrons. The van der Waals surface area contributed by atoms with Crippen molar-refractivity contribution < 1.29 is 4.79 Å². The summed E-state index contributed by atoms with van der Waals surface area (Å²) in [6, 6.07) is 3.76. The zero-order valence-corrected chi connectivity index (χ0v) is 12.1. The molecule has 0 aromatic heterocycles. The molecule has 0 aliphatic carbocycles. The lowest BCUT2D eigenvalue weighted by molar-refractivity contribution is 0.0945. The van der Waals surface area contributed by atoms with Crippen LogP contribution in [-0.4, -0.2) is 16.9 Å². The average Bonchev–Trinajstić information content (AvgIpc) is 2.23. The van der Waals surface area contributed by atoms with Gasteiger partial charge >= 0.3 is 0 Å². The fraction of sp³-hybridized carbons (Fsp3) is 0.429. The first-order valence-electron chi connectivity index (χ1n) is 6.04. The van der Waals surface area contributed by atoms with E-state index in [0.717, 1.165) is 22.3 Å². The maximum absolute atomic E-state index is 12.2. The lowest BCUT2D eigenvalue weighted by atomic mass is 9.99. The van der Waals surface area contributed by atoms with Crippen molar-refractivity contribution in [2.24, 2.45) is 5.73 Å². The molecule has 1 amide bonds. The molecular weight excluding hydrogens is 244 g/mol. The van der Waals surface area contributed by atoms with Crippen LogP contribution in [0.4, 0.5) is 0 Å². The van der Waals surface area contributed by atoms with Gasteiger partial charge in [-0.2, -0.15) is 0 Å². The van der Waals surface area contributed by atoms with E-state index in [4.69, 9.17) is 18.0 Å². The Labute approximate surface area is 114 Å². The third kappa shape index (κ3) is 3.29. The van der Waals surface area contributed by atoms with Crippen molar-refractivity contribution in [2.45, 2.75) is 40.2 Å². The van der Waals surface area contributed by atoms with Crippen LogP contribution in [0.3, 0.4) is 0 Å². The summed E-state index contributed by atoms with van der Waals surface area (Å²) in [5, 5.41) is 2.88. The van der Waals surface area contributed by atoms with E-state index in [1.807, 2.05) is 39.8 Å². The van der Waals surface area contributed by atoms with Crippen molar-refractivity contribution in [2.75, 3.05) is 0 Å². The molecule has 18 heavy (non-hydrogen) atoms. The minimum absolute atomic E-state index is 0.107. The Kier molecular flexibility index (Phi) is 4.84. The van der Waals surface area contributed by atoms with Crippen molar-refractivity contribution in [1.29, 1.82) is 0 Å². The molecule has 1 rings (SSSR count). The van der Waals surface area contributed by atoms with Crippen molar-refractivity contribution in [3.8, 4) is 0 Å². The second-order valence-electron chi connectivity index (χ2n) is 4.61. The number of hydrogen-bond donors (Lipinski definition) is 2. The van der Waals surface area contributed by atoms with Crippen LogP contribution in [0.1, 0.15) is 40.4 Å². The number of aryl methyl sites for hydroxylation is 3. The van der Waals surface area contributed by atoms with Gasteiger partial charge in [0, 0.05) is 5.56 Å². The van der Waals surface area contributed by atoms with Gasteiger partial charge in [0.05, 0.1) is 11.0 Å². The first kappa shape index (κ1) is 14.6. The van der Waals surface area contributed by atoms with Crippen LogP contribution in [0, 0.1) is 20.8 Å². The van der Waals surface area contributed by atoms with Crippen molar-refractivity contribution in [3.05, 3.63) is 34.4 Å². The fourth-order valence-corrected chi connectivity index (χ4v) is 2.37. The Balaban J connectivity index is 3.01. The van der Waals surface area contributed by atoms with Crippen molar-refractivity contribution in [3.63, 3.8) is 0 Å². The molecule has 1 aromatic carbocycles. The summed E-state index contributed by atoms with van der Waals surface area (Å²) >= 11 is 4.93. The van der Waals surface area contributed by atoms with Gasteiger partial charge in [0.25, 0.3) is 5.91 Å². The van der Waals surface area contributed by atoms with E-state index in [1.54, 1.807) is 0 Å². The van der Waals surface area contributed by atoms with Gasteiger partial charge in [0.15, 0.2) is 0 Å². The molecule has 3 N–H and O–H groups in total. The molecular formula is C14H20N2OS. The monoisotopic (exact) mass is 264 g/mol. The lowest BCUT2D eigenvalue weighted by Crippen LogP contribution is -2.43. The number of amides is 1. The molecule has 1 unspecified atom stereocenters. The predicted molar refractivity (Wildman–Crippen MR) is 79.0 cm³/mol. The normalized spacial score (nSPS) is 12.0. The Morgan fingerprint density at radius 3 is 2.22 bits per heavy atom. The van der Waals surface area contributed by atoms with E-state index >= 15 is 0 Å². The van der Waals surface area contributed by atoms with Crippen LogP contribution in [-0.2, 0) is 0 Å². The summed E-state index contributed by atoms with van der Waals surface area (Å²) in [4.78, 5) is 12.6. The molecule has 0 radical (unpaired) electrons. The molecule has 1 atom stereocenters. The smallest absolute Gasteiger partial charge is 0.252 e. The Bertz CT molecular complexity index is 460. The minimum atomic E-state index is -0.243. The van der Waals surface area contributed by atoms with Gasteiger partial charge in [-0.25, -0.2) is 0 Å². The third-order valence-corrected chi connectivity index (χ3v) is 3.25. The molecule has 0 aliphatic heterocycles. The standard InChI is InChI=1S/C14H20N2OS/c1-5-11(13(15)18)16-14(17)12-9(3)6-8(2)7-10(12)4/h6-7,11H,5H2,1-4H3,(H2,15,18)(H,16,17). The van der Waals surface area contributed by atoms with Gasteiger partial charge in [-0.15, -0.1) is 0 Å². The molecule has 0 bridgehead atoms. The highest BCUT2D eigenvalue weighted by molar-refractivity contribution is 7.80. The summed E-state index contributed by atoms with van der Waals surface area (Å²) in [7, 11) is 0. The van der Waals surface area contributed by atoms with Crippen LogP contribution >= 0.6 is 12.2 Å². The van der Waals surface area contributed by atoms with Crippen LogP contribution in [0.5, 0.6) is 0 Å². The topological polar surface area (TPSA) is 55.1 Å². The molecule has 0 saturated heterocycles. The number of carbonyl (C=O) groups excluding carboxylic acids is 1. The van der Waals surface area contributed by atoms with E-state index in [1.165, 1.54) is 0 Å². The molecule has 3 nitrogen and oxygen atoms in total. The molecule has 0 aliphatic rings. The number of nitrogens with two attached hydrogens (primary N) is 1. The number of hydrogen-bond acceptors (Lipinski definition) is 2.